The predicted molar refractivity (Wildman–Crippen MR) is 94.3 cm³/mol. The maximum Gasteiger partial charge on any atom is 0.242 e. The summed E-state index contributed by atoms with van der Waals surface area (Å²) in [7, 11) is 1.67. The number of unbranched alkanes of at least 4 members (excludes halogenated alkanes) is 1. The van der Waals surface area contributed by atoms with E-state index in [1.165, 1.54) is 0 Å². The molecule has 2 amide bonds. The van der Waals surface area contributed by atoms with Gasteiger partial charge in [-0.2, -0.15) is 0 Å². The molecule has 1 heterocycles. The third-order valence-electron chi connectivity index (χ3n) is 4.25. The minimum atomic E-state index is -0.0437. The number of amides is 2. The van der Waals surface area contributed by atoms with Crippen LogP contribution >= 0.6 is 0 Å². The maximum atomic E-state index is 12.2. The van der Waals surface area contributed by atoms with E-state index in [-0.39, 0.29) is 18.4 Å². The molecule has 0 unspecified atom stereocenters. The molecule has 0 radical (unpaired) electrons. The number of hydrogen-bond acceptors (Lipinski definition) is 4. The molecule has 0 spiro atoms. The van der Waals surface area contributed by atoms with Crippen molar-refractivity contribution < 1.29 is 14.3 Å². The van der Waals surface area contributed by atoms with Crippen molar-refractivity contribution in [3.8, 4) is 5.75 Å². The Morgan fingerprint density at radius 1 is 1.17 bits per heavy atom. The lowest BCUT2D eigenvalue weighted by Gasteiger charge is -2.36. The molecule has 0 bridgehead atoms. The summed E-state index contributed by atoms with van der Waals surface area (Å²) in [5.74, 6) is 0.790. The molecule has 0 aromatic heterocycles. The van der Waals surface area contributed by atoms with Crippen LogP contribution in [0.3, 0.4) is 0 Å². The van der Waals surface area contributed by atoms with Crippen molar-refractivity contribution in [1.82, 2.24) is 10.2 Å². The lowest BCUT2D eigenvalue weighted by molar-refractivity contribution is -0.133. The number of piperazine rings is 1. The summed E-state index contributed by atoms with van der Waals surface area (Å²) < 4.78 is 5.40. The number of rotatable bonds is 7. The summed E-state index contributed by atoms with van der Waals surface area (Å²) in [6, 6.07) is 7.91. The number of nitrogens with zero attached hydrogens (tertiary/aromatic N) is 2. The fraction of sp³-hybridized carbons (Fsp3) is 0.556. The lowest BCUT2D eigenvalue weighted by atomic mass is 10.2. The van der Waals surface area contributed by atoms with E-state index < -0.39 is 0 Å². The molecular weight excluding hydrogens is 306 g/mol. The number of hydrogen-bond donors (Lipinski definition) is 1. The SMILES string of the molecule is CCCCC(=O)NCC(=O)N1CCN(c2ccccc2OC)CC1. The van der Waals surface area contributed by atoms with Gasteiger partial charge in [-0.3, -0.25) is 9.59 Å². The van der Waals surface area contributed by atoms with Crippen molar-refractivity contribution in [3.63, 3.8) is 0 Å². The average molecular weight is 333 g/mol. The molecule has 1 fully saturated rings. The van der Waals surface area contributed by atoms with Crippen molar-refractivity contribution in [1.29, 1.82) is 0 Å². The van der Waals surface area contributed by atoms with Crippen molar-refractivity contribution in [2.75, 3.05) is 44.7 Å². The van der Waals surface area contributed by atoms with Gasteiger partial charge in [0.15, 0.2) is 0 Å². The Morgan fingerprint density at radius 3 is 2.54 bits per heavy atom. The topological polar surface area (TPSA) is 61.9 Å². The van der Waals surface area contributed by atoms with E-state index in [0.29, 0.717) is 19.5 Å². The van der Waals surface area contributed by atoms with E-state index in [1.807, 2.05) is 36.1 Å². The molecule has 24 heavy (non-hydrogen) atoms. The van der Waals surface area contributed by atoms with E-state index in [4.69, 9.17) is 4.74 Å². The number of methoxy groups -OCH3 is 1. The molecule has 0 atom stereocenters. The smallest absolute Gasteiger partial charge is 0.242 e. The third kappa shape index (κ3) is 4.88. The van der Waals surface area contributed by atoms with E-state index in [0.717, 1.165) is 37.4 Å². The summed E-state index contributed by atoms with van der Waals surface area (Å²) in [5, 5.41) is 2.71. The number of benzene rings is 1. The normalized spacial score (nSPS) is 14.4. The van der Waals surface area contributed by atoms with Crippen LogP contribution in [-0.2, 0) is 9.59 Å². The van der Waals surface area contributed by atoms with Crippen molar-refractivity contribution >= 4 is 17.5 Å². The molecule has 6 heteroatoms. The largest absolute Gasteiger partial charge is 0.495 e. The van der Waals surface area contributed by atoms with Gasteiger partial charge >= 0.3 is 0 Å². The summed E-state index contributed by atoms with van der Waals surface area (Å²) in [6.07, 6.45) is 2.33. The van der Waals surface area contributed by atoms with Gasteiger partial charge in [0.1, 0.15) is 5.75 Å². The van der Waals surface area contributed by atoms with Crippen molar-refractivity contribution in [2.45, 2.75) is 26.2 Å². The number of ether oxygens (including phenoxy) is 1. The van der Waals surface area contributed by atoms with Crippen LogP contribution in [0.5, 0.6) is 5.75 Å². The van der Waals surface area contributed by atoms with E-state index in [1.54, 1.807) is 7.11 Å². The van der Waals surface area contributed by atoms with Gasteiger partial charge in [0.2, 0.25) is 11.8 Å². The summed E-state index contributed by atoms with van der Waals surface area (Å²) in [5.41, 5.74) is 1.06. The van der Waals surface area contributed by atoms with Gasteiger partial charge in [0.25, 0.3) is 0 Å². The van der Waals surface area contributed by atoms with Gasteiger partial charge < -0.3 is 19.9 Å². The fourth-order valence-corrected chi connectivity index (χ4v) is 2.80. The van der Waals surface area contributed by atoms with Crippen molar-refractivity contribution in [2.24, 2.45) is 0 Å². The van der Waals surface area contributed by atoms with Gasteiger partial charge in [0.05, 0.1) is 19.3 Å². The van der Waals surface area contributed by atoms with Gasteiger partial charge in [-0.15, -0.1) is 0 Å². The molecule has 132 valence electrons. The van der Waals surface area contributed by atoms with Crippen LogP contribution in [0, 0.1) is 0 Å². The Kier molecular flexibility index (Phi) is 6.90. The van der Waals surface area contributed by atoms with Crippen LogP contribution in [-0.4, -0.2) is 56.5 Å². The molecule has 0 aliphatic carbocycles. The van der Waals surface area contributed by atoms with Crippen LogP contribution in [0.1, 0.15) is 26.2 Å². The number of carbonyl (C=O) groups excluding carboxylic acids is 2. The molecule has 1 N–H and O–H groups in total. The van der Waals surface area contributed by atoms with Gasteiger partial charge in [-0.25, -0.2) is 0 Å². The molecule has 1 aliphatic heterocycles. The second-order valence-electron chi connectivity index (χ2n) is 5.92. The average Bonchev–Trinajstić information content (AvgIpc) is 2.64. The molecule has 1 aliphatic rings. The molecule has 6 nitrogen and oxygen atoms in total. The summed E-state index contributed by atoms with van der Waals surface area (Å²) >= 11 is 0. The first-order valence-corrected chi connectivity index (χ1v) is 8.58. The highest BCUT2D eigenvalue weighted by Crippen LogP contribution is 2.28. The summed E-state index contributed by atoms with van der Waals surface area (Å²) in [4.78, 5) is 27.8. The van der Waals surface area contributed by atoms with Crippen LogP contribution < -0.4 is 15.0 Å². The molecule has 2 rings (SSSR count). The van der Waals surface area contributed by atoms with Crippen LogP contribution in [0.15, 0.2) is 24.3 Å². The Balaban J connectivity index is 1.80. The summed E-state index contributed by atoms with van der Waals surface area (Å²) in [6.45, 7) is 4.96. The Hall–Kier alpha value is -2.24. The Morgan fingerprint density at radius 2 is 1.88 bits per heavy atom. The standard InChI is InChI=1S/C18H27N3O3/c1-3-4-9-17(22)19-14-18(23)21-12-10-20(11-13-21)15-7-5-6-8-16(15)24-2/h5-8H,3-4,9-14H2,1-2H3,(H,19,22). The molecular formula is C18H27N3O3. The first-order valence-electron chi connectivity index (χ1n) is 8.58. The molecule has 1 aromatic carbocycles. The predicted octanol–water partition coefficient (Wildman–Crippen LogP) is 1.65. The number of anilines is 1. The first kappa shape index (κ1) is 18.1. The zero-order chi connectivity index (χ0) is 17.4. The molecule has 0 saturated carbocycles. The lowest BCUT2D eigenvalue weighted by Crippen LogP contribution is -2.51. The van der Waals surface area contributed by atoms with E-state index >= 15 is 0 Å². The Bertz CT molecular complexity index is 554. The number of nitrogens with one attached hydrogen (secondary N) is 1. The monoisotopic (exact) mass is 333 g/mol. The zero-order valence-corrected chi connectivity index (χ0v) is 14.6. The second-order valence-corrected chi connectivity index (χ2v) is 5.92. The van der Waals surface area contributed by atoms with E-state index in [9.17, 15) is 9.59 Å². The van der Waals surface area contributed by atoms with Crippen molar-refractivity contribution in [3.05, 3.63) is 24.3 Å². The first-order chi connectivity index (χ1) is 11.7. The van der Waals surface area contributed by atoms with Gasteiger partial charge in [-0.05, 0) is 18.6 Å². The second kappa shape index (κ2) is 9.15. The quantitative estimate of drug-likeness (QED) is 0.824. The molecule has 1 aromatic rings. The number of carbonyl (C=O) groups is 2. The van der Waals surface area contributed by atoms with Crippen LogP contribution in [0.2, 0.25) is 0 Å². The molecule has 1 saturated heterocycles. The third-order valence-corrected chi connectivity index (χ3v) is 4.25. The van der Waals surface area contributed by atoms with E-state index in [2.05, 4.69) is 10.2 Å². The fourth-order valence-electron chi connectivity index (χ4n) is 2.80. The highest BCUT2D eigenvalue weighted by Gasteiger charge is 2.22. The Labute approximate surface area is 143 Å². The zero-order valence-electron chi connectivity index (χ0n) is 14.6. The number of para-hydroxylation sites is 2. The van der Waals surface area contributed by atoms with Crippen LogP contribution in [0.25, 0.3) is 0 Å². The van der Waals surface area contributed by atoms with Gasteiger partial charge in [0, 0.05) is 32.6 Å². The van der Waals surface area contributed by atoms with Gasteiger partial charge in [-0.1, -0.05) is 25.5 Å². The highest BCUT2D eigenvalue weighted by molar-refractivity contribution is 5.84. The van der Waals surface area contributed by atoms with Crippen LogP contribution in [0.4, 0.5) is 5.69 Å². The highest BCUT2D eigenvalue weighted by atomic mass is 16.5. The minimum absolute atomic E-state index is 0.0143. The minimum Gasteiger partial charge on any atom is -0.495 e. The maximum absolute atomic E-state index is 12.2.